The molecule has 8 nitrogen and oxygen atoms in total. The minimum Gasteiger partial charge on any atom is -0.466 e. The molecule has 0 bridgehead atoms. The first-order chi connectivity index (χ1) is 14.4. The van der Waals surface area contributed by atoms with Crippen molar-refractivity contribution >= 4 is 17.9 Å². The van der Waals surface area contributed by atoms with Crippen molar-refractivity contribution in [2.45, 2.75) is 33.1 Å². The molecule has 0 amide bonds. The molecule has 9 heteroatoms. The summed E-state index contributed by atoms with van der Waals surface area (Å²) in [6.07, 6.45) is 3.70. The number of halogens is 1. The maximum atomic E-state index is 14.0. The molecule has 2 rings (SSSR count). The second-order valence-corrected chi connectivity index (χ2v) is 6.40. The van der Waals surface area contributed by atoms with Crippen molar-refractivity contribution in [2.24, 2.45) is 0 Å². The van der Waals surface area contributed by atoms with Crippen LogP contribution >= 0.6 is 0 Å². The lowest BCUT2D eigenvalue weighted by atomic mass is 9.78. The van der Waals surface area contributed by atoms with Crippen LogP contribution in [0.15, 0.2) is 41.0 Å². The molecule has 0 fully saturated rings. The predicted octanol–water partition coefficient (Wildman–Crippen LogP) is 2.11. The fourth-order valence-electron chi connectivity index (χ4n) is 3.33. The van der Waals surface area contributed by atoms with Crippen LogP contribution in [0.5, 0.6) is 0 Å². The Kier molecular flexibility index (Phi) is 8.08. The number of aryl methyl sites for hydroxylation is 1. The highest BCUT2D eigenvalue weighted by molar-refractivity contribution is 6.00. The van der Waals surface area contributed by atoms with Gasteiger partial charge < -0.3 is 19.5 Å². The second kappa shape index (κ2) is 10.5. The summed E-state index contributed by atoms with van der Waals surface area (Å²) in [4.78, 5) is 41.1. The van der Waals surface area contributed by atoms with Gasteiger partial charge in [0.15, 0.2) is 0 Å². The Morgan fingerprint density at radius 2 is 1.83 bits per heavy atom. The quantitative estimate of drug-likeness (QED) is 0.504. The van der Waals surface area contributed by atoms with Crippen LogP contribution in [-0.2, 0) is 35.0 Å². The monoisotopic (exact) mass is 420 g/mol. The number of esters is 3. The Morgan fingerprint density at radius 3 is 2.40 bits per heavy atom. The molecule has 1 atom stereocenters. The number of dihydropyridines is 1. The summed E-state index contributed by atoms with van der Waals surface area (Å²) in [5, 5.41) is 2.74. The molecule has 1 aliphatic heterocycles. The first-order valence-corrected chi connectivity index (χ1v) is 9.50. The first kappa shape index (κ1) is 23.1. The third kappa shape index (κ3) is 4.84. The number of ether oxygens (including phenoxy) is 3. The molecule has 2 heterocycles. The van der Waals surface area contributed by atoms with Crippen LogP contribution in [0.25, 0.3) is 0 Å². The number of nitrogens with one attached hydrogen (secondary N) is 1. The van der Waals surface area contributed by atoms with Crippen LogP contribution in [-0.4, -0.2) is 49.9 Å². The van der Waals surface area contributed by atoms with E-state index in [1.807, 2.05) is 6.92 Å². The molecule has 0 aromatic carbocycles. The summed E-state index contributed by atoms with van der Waals surface area (Å²) in [6, 6.07) is 1.76. The number of rotatable bonds is 8. The van der Waals surface area contributed by atoms with Gasteiger partial charge in [0.25, 0.3) is 0 Å². The number of hydrogen-bond donors (Lipinski definition) is 1. The van der Waals surface area contributed by atoms with Crippen molar-refractivity contribution in [1.82, 2.24) is 10.3 Å². The Hall–Kier alpha value is -3.23. The molecule has 0 saturated heterocycles. The summed E-state index contributed by atoms with van der Waals surface area (Å²) in [7, 11) is 1.17. The largest absolute Gasteiger partial charge is 0.466 e. The zero-order chi connectivity index (χ0) is 22.3. The molecule has 1 aromatic heterocycles. The van der Waals surface area contributed by atoms with Gasteiger partial charge in [-0.05, 0) is 30.5 Å². The highest BCUT2D eigenvalue weighted by atomic mass is 19.1. The van der Waals surface area contributed by atoms with Crippen LogP contribution < -0.4 is 5.32 Å². The van der Waals surface area contributed by atoms with E-state index in [0.29, 0.717) is 12.0 Å². The average molecular weight is 420 g/mol. The first-order valence-electron chi connectivity index (χ1n) is 9.50. The zero-order valence-electron chi connectivity index (χ0n) is 17.4. The maximum absolute atomic E-state index is 14.0. The minimum atomic E-state index is -1.03. The van der Waals surface area contributed by atoms with Gasteiger partial charge in [0.1, 0.15) is 13.3 Å². The van der Waals surface area contributed by atoms with Gasteiger partial charge in [-0.25, -0.2) is 14.0 Å². The number of aromatic nitrogens is 1. The van der Waals surface area contributed by atoms with E-state index in [4.69, 9.17) is 14.2 Å². The lowest BCUT2D eigenvalue weighted by molar-refractivity contribution is -0.142. The molecule has 1 unspecified atom stereocenters. The molecule has 162 valence electrons. The molecule has 30 heavy (non-hydrogen) atoms. The van der Waals surface area contributed by atoms with E-state index >= 15 is 0 Å². The van der Waals surface area contributed by atoms with Crippen molar-refractivity contribution in [3.8, 4) is 0 Å². The van der Waals surface area contributed by atoms with Gasteiger partial charge in [-0.3, -0.25) is 9.78 Å². The van der Waals surface area contributed by atoms with Crippen LogP contribution in [0.4, 0.5) is 4.39 Å². The summed E-state index contributed by atoms with van der Waals surface area (Å²) in [5.41, 5.74) is 1.39. The van der Waals surface area contributed by atoms with Crippen molar-refractivity contribution in [1.29, 1.82) is 0 Å². The van der Waals surface area contributed by atoms with Crippen LogP contribution in [0, 0.1) is 0 Å². The van der Waals surface area contributed by atoms with Gasteiger partial charge in [0.2, 0.25) is 0 Å². The number of carbonyl (C=O) groups is 3. The van der Waals surface area contributed by atoms with Gasteiger partial charge in [-0.1, -0.05) is 6.92 Å². The highest BCUT2D eigenvalue weighted by Crippen LogP contribution is 2.40. The fourth-order valence-corrected chi connectivity index (χ4v) is 3.33. The minimum absolute atomic E-state index is 0.0402. The Morgan fingerprint density at radius 1 is 1.13 bits per heavy atom. The molecule has 1 aliphatic rings. The van der Waals surface area contributed by atoms with Gasteiger partial charge in [0, 0.05) is 19.3 Å². The van der Waals surface area contributed by atoms with E-state index in [-0.39, 0.29) is 35.8 Å². The lowest BCUT2D eigenvalue weighted by Crippen LogP contribution is -2.36. The summed E-state index contributed by atoms with van der Waals surface area (Å²) in [6.45, 7) is 3.50. The number of nitrogens with zero attached hydrogens (tertiary/aromatic N) is 1. The summed E-state index contributed by atoms with van der Waals surface area (Å²) in [5.74, 6) is -3.09. The van der Waals surface area contributed by atoms with Crippen molar-refractivity contribution < 1.29 is 33.0 Å². The lowest BCUT2D eigenvalue weighted by Gasteiger charge is -2.32. The molecule has 0 radical (unpaired) electrons. The molecular weight excluding hydrogens is 395 g/mol. The number of hydrogen-bond acceptors (Lipinski definition) is 8. The third-order valence-electron chi connectivity index (χ3n) is 4.62. The standard InChI is InChI=1S/C21H25FN2O6/c1-5-13-7-8-23-10-14(13)17-18(20(26)28-4)15(9-22)24-16(11-30-12(3)25)19(17)21(27)29-6-2/h7-8,10,17,24H,5-6,9,11H2,1-4H3. The van der Waals surface area contributed by atoms with Crippen LogP contribution in [0.1, 0.15) is 37.8 Å². The van der Waals surface area contributed by atoms with E-state index in [9.17, 15) is 18.8 Å². The molecule has 0 aliphatic carbocycles. The van der Waals surface area contributed by atoms with Gasteiger partial charge in [-0.2, -0.15) is 0 Å². The SMILES string of the molecule is CCOC(=O)C1=C(COC(C)=O)NC(CF)=C(C(=O)OC)C1c1cnccc1CC. The van der Waals surface area contributed by atoms with Gasteiger partial charge >= 0.3 is 17.9 Å². The summed E-state index contributed by atoms with van der Waals surface area (Å²) < 4.78 is 29.1. The van der Waals surface area contributed by atoms with Crippen molar-refractivity contribution in [3.05, 3.63) is 52.1 Å². The number of pyridine rings is 1. The normalized spacial score (nSPS) is 16.1. The highest BCUT2D eigenvalue weighted by Gasteiger charge is 2.40. The number of methoxy groups -OCH3 is 1. The van der Waals surface area contributed by atoms with E-state index < -0.39 is 30.5 Å². The Bertz CT molecular complexity index is 893. The average Bonchev–Trinajstić information content (AvgIpc) is 2.75. The second-order valence-electron chi connectivity index (χ2n) is 6.40. The van der Waals surface area contributed by atoms with Crippen molar-refractivity contribution in [3.63, 3.8) is 0 Å². The molecule has 0 saturated carbocycles. The number of allylic oxidation sites excluding steroid dienone is 1. The molecule has 1 aromatic rings. The fraction of sp³-hybridized carbons (Fsp3) is 0.429. The van der Waals surface area contributed by atoms with E-state index in [1.54, 1.807) is 19.2 Å². The van der Waals surface area contributed by atoms with E-state index in [1.165, 1.54) is 20.2 Å². The molecular formula is C21H25FN2O6. The molecule has 1 N–H and O–H groups in total. The van der Waals surface area contributed by atoms with E-state index in [2.05, 4.69) is 10.3 Å². The van der Waals surface area contributed by atoms with Crippen molar-refractivity contribution in [2.75, 3.05) is 27.0 Å². The third-order valence-corrected chi connectivity index (χ3v) is 4.62. The smallest absolute Gasteiger partial charge is 0.336 e. The van der Waals surface area contributed by atoms with Gasteiger partial charge in [0.05, 0.1) is 42.2 Å². The predicted molar refractivity (Wildman–Crippen MR) is 105 cm³/mol. The van der Waals surface area contributed by atoms with Crippen LogP contribution in [0.2, 0.25) is 0 Å². The topological polar surface area (TPSA) is 104 Å². The van der Waals surface area contributed by atoms with Gasteiger partial charge in [-0.15, -0.1) is 0 Å². The zero-order valence-corrected chi connectivity index (χ0v) is 17.4. The summed E-state index contributed by atoms with van der Waals surface area (Å²) >= 11 is 0. The maximum Gasteiger partial charge on any atom is 0.336 e. The van der Waals surface area contributed by atoms with Crippen LogP contribution in [0.3, 0.4) is 0 Å². The Labute approximate surface area is 174 Å². The number of carbonyl (C=O) groups excluding carboxylic acids is 3. The number of alkyl halides is 1. The Balaban J connectivity index is 2.81. The van der Waals surface area contributed by atoms with E-state index in [0.717, 1.165) is 5.56 Å². The molecule has 0 spiro atoms.